The van der Waals surface area contributed by atoms with E-state index in [4.69, 9.17) is 0 Å². The van der Waals surface area contributed by atoms with Gasteiger partial charge in [0.25, 0.3) is 0 Å². The summed E-state index contributed by atoms with van der Waals surface area (Å²) in [5, 5.41) is 8.54. The van der Waals surface area contributed by atoms with Crippen LogP contribution in [0.25, 0.3) is 11.0 Å². The van der Waals surface area contributed by atoms with Crippen molar-refractivity contribution in [2.75, 3.05) is 0 Å². The summed E-state index contributed by atoms with van der Waals surface area (Å²) in [6.07, 6.45) is 0. The van der Waals surface area contributed by atoms with E-state index in [1.807, 2.05) is 86.6 Å². The van der Waals surface area contributed by atoms with E-state index in [-0.39, 0.29) is 5.78 Å². The summed E-state index contributed by atoms with van der Waals surface area (Å²) in [5.74, 6) is 0.00417. The SMILES string of the molecule is Cc1ccc(C(=O)C(c2ccc(C)cc2)n2nnc3ccccc32)cc1. The van der Waals surface area contributed by atoms with Crippen LogP contribution in [-0.2, 0) is 0 Å². The van der Waals surface area contributed by atoms with Crippen LogP contribution in [0.4, 0.5) is 0 Å². The second kappa shape index (κ2) is 6.56. The van der Waals surface area contributed by atoms with Gasteiger partial charge >= 0.3 is 0 Å². The Morgan fingerprint density at radius 1 is 0.846 bits per heavy atom. The van der Waals surface area contributed by atoms with Gasteiger partial charge < -0.3 is 0 Å². The Balaban J connectivity index is 1.88. The number of nitrogens with zero attached hydrogens (tertiary/aromatic N) is 3. The van der Waals surface area contributed by atoms with Crippen molar-refractivity contribution in [1.29, 1.82) is 0 Å². The fourth-order valence-corrected chi connectivity index (χ4v) is 3.11. The molecule has 3 aromatic carbocycles. The number of ketones is 1. The van der Waals surface area contributed by atoms with Gasteiger partial charge in [-0.25, -0.2) is 4.68 Å². The van der Waals surface area contributed by atoms with E-state index < -0.39 is 6.04 Å². The Bertz CT molecular complexity index is 1060. The highest BCUT2D eigenvalue weighted by Gasteiger charge is 2.26. The van der Waals surface area contributed by atoms with Crippen LogP contribution in [0.5, 0.6) is 0 Å². The minimum atomic E-state index is -0.550. The lowest BCUT2D eigenvalue weighted by atomic mass is 9.96. The van der Waals surface area contributed by atoms with Crippen LogP contribution in [0, 0.1) is 13.8 Å². The Morgan fingerprint density at radius 3 is 2.15 bits per heavy atom. The Labute approximate surface area is 152 Å². The molecule has 0 amide bonds. The number of benzene rings is 3. The molecule has 1 unspecified atom stereocenters. The molecule has 0 bridgehead atoms. The molecule has 1 atom stereocenters. The molecule has 0 N–H and O–H groups in total. The van der Waals surface area contributed by atoms with E-state index in [0.29, 0.717) is 5.56 Å². The average molecular weight is 341 g/mol. The molecule has 1 heterocycles. The Hall–Kier alpha value is -3.27. The van der Waals surface area contributed by atoms with E-state index >= 15 is 0 Å². The summed E-state index contributed by atoms with van der Waals surface area (Å²) in [4.78, 5) is 13.4. The third-order valence-electron chi connectivity index (χ3n) is 4.60. The third kappa shape index (κ3) is 2.90. The quantitative estimate of drug-likeness (QED) is 0.513. The lowest BCUT2D eigenvalue weighted by Gasteiger charge is -2.18. The van der Waals surface area contributed by atoms with Gasteiger partial charge in [-0.1, -0.05) is 77.0 Å². The van der Waals surface area contributed by atoms with Crippen LogP contribution >= 0.6 is 0 Å². The lowest BCUT2D eigenvalue weighted by Crippen LogP contribution is -2.22. The smallest absolute Gasteiger partial charge is 0.191 e. The van der Waals surface area contributed by atoms with Crippen molar-refractivity contribution in [2.45, 2.75) is 19.9 Å². The van der Waals surface area contributed by atoms with E-state index in [2.05, 4.69) is 10.3 Å². The molecule has 0 spiro atoms. The fraction of sp³-hybridized carbons (Fsp3) is 0.136. The van der Waals surface area contributed by atoms with Gasteiger partial charge in [0.1, 0.15) is 11.6 Å². The van der Waals surface area contributed by atoms with E-state index in [1.165, 1.54) is 0 Å². The van der Waals surface area contributed by atoms with E-state index in [1.54, 1.807) is 4.68 Å². The first-order chi connectivity index (χ1) is 12.6. The van der Waals surface area contributed by atoms with Crippen molar-refractivity contribution in [3.8, 4) is 0 Å². The van der Waals surface area contributed by atoms with Gasteiger partial charge in [0.2, 0.25) is 0 Å². The zero-order chi connectivity index (χ0) is 18.1. The molecule has 26 heavy (non-hydrogen) atoms. The number of aromatic nitrogens is 3. The van der Waals surface area contributed by atoms with E-state index in [9.17, 15) is 4.79 Å². The average Bonchev–Trinajstić information content (AvgIpc) is 3.08. The summed E-state index contributed by atoms with van der Waals surface area (Å²) in [6.45, 7) is 4.04. The Morgan fingerprint density at radius 2 is 1.46 bits per heavy atom. The monoisotopic (exact) mass is 341 g/mol. The molecule has 1 aromatic heterocycles. The van der Waals surface area contributed by atoms with Crippen LogP contribution in [0.15, 0.2) is 72.8 Å². The van der Waals surface area contributed by atoms with Crippen molar-refractivity contribution in [1.82, 2.24) is 15.0 Å². The van der Waals surface area contributed by atoms with Crippen molar-refractivity contribution >= 4 is 16.8 Å². The number of rotatable bonds is 4. The van der Waals surface area contributed by atoms with Gasteiger partial charge in [-0.2, -0.15) is 0 Å². The van der Waals surface area contributed by atoms with Gasteiger partial charge in [0.05, 0.1) is 5.52 Å². The maximum absolute atomic E-state index is 13.4. The number of hydrogen-bond acceptors (Lipinski definition) is 3. The largest absolute Gasteiger partial charge is 0.291 e. The van der Waals surface area contributed by atoms with Crippen LogP contribution in [0.2, 0.25) is 0 Å². The van der Waals surface area contributed by atoms with Crippen molar-refractivity contribution in [2.24, 2.45) is 0 Å². The van der Waals surface area contributed by atoms with Crippen LogP contribution in [0.1, 0.15) is 33.1 Å². The highest BCUT2D eigenvalue weighted by Crippen LogP contribution is 2.26. The van der Waals surface area contributed by atoms with Crippen LogP contribution < -0.4 is 0 Å². The molecule has 128 valence electrons. The van der Waals surface area contributed by atoms with Crippen LogP contribution in [0.3, 0.4) is 0 Å². The van der Waals surface area contributed by atoms with Gasteiger partial charge in [-0.3, -0.25) is 4.79 Å². The second-order valence-corrected chi connectivity index (χ2v) is 6.57. The van der Waals surface area contributed by atoms with E-state index in [0.717, 1.165) is 27.7 Å². The molecule has 0 saturated heterocycles. The molecule has 0 aliphatic carbocycles. The first-order valence-corrected chi connectivity index (χ1v) is 8.61. The second-order valence-electron chi connectivity index (χ2n) is 6.57. The van der Waals surface area contributed by atoms with Crippen LogP contribution in [-0.4, -0.2) is 20.8 Å². The summed E-state index contributed by atoms with van der Waals surface area (Å²) in [6, 6.07) is 22.8. The molecule has 4 heteroatoms. The first-order valence-electron chi connectivity index (χ1n) is 8.61. The number of aryl methyl sites for hydroxylation is 2. The molecule has 0 fully saturated rings. The summed E-state index contributed by atoms with van der Waals surface area (Å²) >= 11 is 0. The fourth-order valence-electron chi connectivity index (χ4n) is 3.11. The topological polar surface area (TPSA) is 47.8 Å². The summed E-state index contributed by atoms with van der Waals surface area (Å²) in [5.41, 5.74) is 5.47. The molecular formula is C22H19N3O. The van der Waals surface area contributed by atoms with Gasteiger partial charge in [-0.05, 0) is 31.5 Å². The molecule has 0 aliphatic heterocycles. The van der Waals surface area contributed by atoms with Gasteiger partial charge in [-0.15, -0.1) is 5.10 Å². The molecule has 0 saturated carbocycles. The predicted molar refractivity (Wildman–Crippen MR) is 102 cm³/mol. The highest BCUT2D eigenvalue weighted by molar-refractivity contribution is 6.01. The summed E-state index contributed by atoms with van der Waals surface area (Å²) < 4.78 is 1.72. The third-order valence-corrected chi connectivity index (χ3v) is 4.60. The minimum absolute atomic E-state index is 0.00417. The highest BCUT2D eigenvalue weighted by atomic mass is 16.1. The van der Waals surface area contributed by atoms with Gasteiger partial charge in [0.15, 0.2) is 5.78 Å². The van der Waals surface area contributed by atoms with Crippen molar-refractivity contribution in [3.05, 3.63) is 95.1 Å². The summed E-state index contributed by atoms with van der Waals surface area (Å²) in [7, 11) is 0. The maximum atomic E-state index is 13.4. The Kier molecular flexibility index (Phi) is 4.09. The maximum Gasteiger partial charge on any atom is 0.191 e. The molecule has 0 radical (unpaired) electrons. The lowest BCUT2D eigenvalue weighted by molar-refractivity contribution is 0.0941. The van der Waals surface area contributed by atoms with Gasteiger partial charge in [0, 0.05) is 5.56 Å². The normalized spacial score (nSPS) is 12.2. The zero-order valence-corrected chi connectivity index (χ0v) is 14.8. The predicted octanol–water partition coefficient (Wildman–Crippen LogP) is 4.52. The number of hydrogen-bond donors (Lipinski definition) is 0. The van der Waals surface area contributed by atoms with Crippen molar-refractivity contribution < 1.29 is 4.79 Å². The number of para-hydroxylation sites is 1. The number of Topliss-reactive ketones (excluding diaryl/α,β-unsaturated/α-hetero) is 1. The molecule has 4 nitrogen and oxygen atoms in total. The number of carbonyl (C=O) groups is 1. The molecular weight excluding hydrogens is 322 g/mol. The zero-order valence-electron chi connectivity index (χ0n) is 14.8. The first kappa shape index (κ1) is 16.2. The molecule has 0 aliphatic rings. The molecule has 4 aromatic rings. The minimum Gasteiger partial charge on any atom is -0.291 e. The van der Waals surface area contributed by atoms with Crippen molar-refractivity contribution in [3.63, 3.8) is 0 Å². The number of carbonyl (C=O) groups excluding carboxylic acids is 1. The standard InChI is InChI=1S/C22H19N3O/c1-15-7-11-17(12-8-15)21(22(26)18-13-9-16(2)10-14-18)25-20-6-4-3-5-19(20)23-24-25/h3-14,21H,1-2H3. The number of fused-ring (bicyclic) bond motifs is 1. The molecule has 4 rings (SSSR count).